The number of carboxylic acids is 1. The highest BCUT2D eigenvalue weighted by molar-refractivity contribution is 8.00. The van der Waals surface area contributed by atoms with E-state index in [4.69, 9.17) is 10.8 Å². The zero-order chi connectivity index (χ0) is 10.5. The molecule has 3 nitrogen and oxygen atoms in total. The van der Waals surface area contributed by atoms with Gasteiger partial charge in [-0.3, -0.25) is 4.79 Å². The smallest absolute Gasteiger partial charge is 0.321 e. The normalized spacial score (nSPS) is 14.2. The monoisotopic (exact) mass is 205 g/mol. The summed E-state index contributed by atoms with van der Waals surface area (Å²) in [5, 5.41) is 8.57. The van der Waals surface area contributed by atoms with Gasteiger partial charge in [-0.2, -0.15) is 11.8 Å². The fraction of sp³-hybridized carbons (Fsp3) is 0.889. The van der Waals surface area contributed by atoms with Crippen LogP contribution >= 0.6 is 11.8 Å². The van der Waals surface area contributed by atoms with Gasteiger partial charge in [-0.15, -0.1) is 0 Å². The van der Waals surface area contributed by atoms with E-state index in [9.17, 15) is 4.79 Å². The Labute approximate surface area is 84.1 Å². The topological polar surface area (TPSA) is 63.3 Å². The molecule has 4 heteroatoms. The van der Waals surface area contributed by atoms with Gasteiger partial charge < -0.3 is 10.8 Å². The number of rotatable bonds is 6. The molecule has 0 aromatic heterocycles. The number of hydrogen-bond donors (Lipinski definition) is 2. The van der Waals surface area contributed by atoms with Crippen LogP contribution < -0.4 is 5.73 Å². The van der Waals surface area contributed by atoms with Crippen molar-refractivity contribution in [3.63, 3.8) is 0 Å². The summed E-state index contributed by atoms with van der Waals surface area (Å²) in [5.74, 6) is -0.428. The third-order valence-electron chi connectivity index (χ3n) is 1.82. The van der Waals surface area contributed by atoms with E-state index in [2.05, 4.69) is 20.8 Å². The Morgan fingerprint density at radius 2 is 2.15 bits per heavy atom. The minimum atomic E-state index is -0.917. The first-order valence-corrected chi connectivity index (χ1v) is 5.50. The molecule has 1 atom stereocenters. The van der Waals surface area contributed by atoms with Crippen LogP contribution in [-0.4, -0.2) is 27.6 Å². The molecule has 0 spiro atoms. The van der Waals surface area contributed by atoms with Gasteiger partial charge in [0.1, 0.15) is 6.04 Å². The van der Waals surface area contributed by atoms with Crippen molar-refractivity contribution in [1.29, 1.82) is 0 Å². The van der Waals surface area contributed by atoms with Crippen molar-refractivity contribution in [1.82, 2.24) is 0 Å². The Morgan fingerprint density at radius 3 is 2.54 bits per heavy atom. The number of nitrogens with two attached hydrogens (primary N) is 1. The van der Waals surface area contributed by atoms with Gasteiger partial charge in [0, 0.05) is 10.5 Å². The first-order chi connectivity index (χ1) is 5.89. The summed E-state index contributed by atoms with van der Waals surface area (Å²) in [7, 11) is 0. The molecule has 0 radical (unpaired) electrons. The van der Waals surface area contributed by atoms with Gasteiger partial charge in [-0.05, 0) is 6.42 Å². The van der Waals surface area contributed by atoms with Crippen LogP contribution in [0.25, 0.3) is 0 Å². The minimum Gasteiger partial charge on any atom is -0.480 e. The van der Waals surface area contributed by atoms with Crippen LogP contribution in [0, 0.1) is 0 Å². The number of carboxylic acid groups (broad SMARTS) is 1. The van der Waals surface area contributed by atoms with Crippen LogP contribution in [0.2, 0.25) is 0 Å². The lowest BCUT2D eigenvalue weighted by Crippen LogP contribution is -2.34. The lowest BCUT2D eigenvalue weighted by atomic mass is 10.1. The lowest BCUT2D eigenvalue weighted by molar-refractivity contribution is -0.137. The maximum Gasteiger partial charge on any atom is 0.321 e. The van der Waals surface area contributed by atoms with Gasteiger partial charge in [0.05, 0.1) is 0 Å². The van der Waals surface area contributed by atoms with E-state index in [1.807, 2.05) is 0 Å². The largest absolute Gasteiger partial charge is 0.480 e. The predicted octanol–water partition coefficient (Wildman–Crippen LogP) is 1.71. The average Bonchev–Trinajstić information content (AvgIpc) is 2.00. The fourth-order valence-electron chi connectivity index (χ4n) is 1.06. The Morgan fingerprint density at radius 1 is 1.62 bits per heavy atom. The van der Waals surface area contributed by atoms with E-state index in [1.54, 1.807) is 11.8 Å². The molecule has 0 aliphatic heterocycles. The van der Waals surface area contributed by atoms with E-state index in [1.165, 1.54) is 0 Å². The molecule has 13 heavy (non-hydrogen) atoms. The van der Waals surface area contributed by atoms with Crippen molar-refractivity contribution in [3.05, 3.63) is 0 Å². The molecular formula is C9H19NO2S. The quantitative estimate of drug-likeness (QED) is 0.693. The second kappa shape index (κ2) is 5.50. The van der Waals surface area contributed by atoms with Crippen LogP contribution in [0.15, 0.2) is 0 Å². The van der Waals surface area contributed by atoms with Crippen molar-refractivity contribution < 1.29 is 9.90 Å². The third-order valence-corrected chi connectivity index (χ3v) is 3.33. The molecule has 0 amide bonds. The molecule has 0 aromatic carbocycles. The Kier molecular flexibility index (Phi) is 5.40. The van der Waals surface area contributed by atoms with E-state index in [-0.39, 0.29) is 4.75 Å². The van der Waals surface area contributed by atoms with Crippen molar-refractivity contribution >= 4 is 17.7 Å². The number of carbonyl (C=O) groups is 1. The minimum absolute atomic E-state index is 0.141. The summed E-state index contributed by atoms with van der Waals surface area (Å²) in [6, 6.07) is -0.735. The molecule has 0 saturated carbocycles. The molecule has 3 N–H and O–H groups in total. The molecule has 0 fully saturated rings. The third kappa shape index (κ3) is 5.93. The Bertz CT molecular complexity index is 171. The summed E-state index contributed by atoms with van der Waals surface area (Å²) < 4.78 is 0.141. The highest BCUT2D eigenvalue weighted by atomic mass is 32.2. The predicted molar refractivity (Wildman–Crippen MR) is 57.1 cm³/mol. The molecule has 0 saturated heterocycles. The van der Waals surface area contributed by atoms with Gasteiger partial charge in [0.25, 0.3) is 0 Å². The van der Waals surface area contributed by atoms with Crippen LogP contribution in [-0.2, 0) is 4.79 Å². The van der Waals surface area contributed by atoms with E-state index in [0.717, 1.165) is 12.8 Å². The standard InChI is InChI=1S/C9H19NO2S/c1-4-5-9(2,3)13-6-7(10)8(11)12/h7H,4-6,10H2,1-3H3,(H,11,12). The molecule has 0 rings (SSSR count). The summed E-state index contributed by atoms with van der Waals surface area (Å²) in [6.07, 6.45) is 2.20. The number of thioether (sulfide) groups is 1. The first-order valence-electron chi connectivity index (χ1n) is 4.51. The lowest BCUT2D eigenvalue weighted by Gasteiger charge is -2.24. The average molecular weight is 205 g/mol. The molecule has 78 valence electrons. The second-order valence-electron chi connectivity index (χ2n) is 3.77. The fourth-order valence-corrected chi connectivity index (χ4v) is 2.18. The summed E-state index contributed by atoms with van der Waals surface area (Å²) in [4.78, 5) is 10.4. The van der Waals surface area contributed by atoms with Crippen LogP contribution in [0.1, 0.15) is 33.6 Å². The second-order valence-corrected chi connectivity index (χ2v) is 5.49. The van der Waals surface area contributed by atoms with Crippen molar-refractivity contribution in [2.45, 2.75) is 44.4 Å². The van der Waals surface area contributed by atoms with E-state index < -0.39 is 12.0 Å². The van der Waals surface area contributed by atoms with Gasteiger partial charge in [-0.25, -0.2) is 0 Å². The van der Waals surface area contributed by atoms with E-state index >= 15 is 0 Å². The SMILES string of the molecule is CCCC(C)(C)SCC(N)C(=O)O. The maximum atomic E-state index is 10.4. The van der Waals surface area contributed by atoms with E-state index in [0.29, 0.717) is 5.75 Å². The highest BCUT2D eigenvalue weighted by Gasteiger charge is 2.20. The molecule has 0 aliphatic rings. The number of aliphatic carboxylic acids is 1. The van der Waals surface area contributed by atoms with Gasteiger partial charge in [-0.1, -0.05) is 27.2 Å². The Balaban J connectivity index is 3.80. The summed E-state index contributed by atoms with van der Waals surface area (Å²) >= 11 is 1.63. The molecule has 0 heterocycles. The molecule has 0 aliphatic carbocycles. The first kappa shape index (κ1) is 12.8. The van der Waals surface area contributed by atoms with Gasteiger partial charge in [0.2, 0.25) is 0 Å². The highest BCUT2D eigenvalue weighted by Crippen LogP contribution is 2.29. The van der Waals surface area contributed by atoms with Crippen LogP contribution in [0.3, 0.4) is 0 Å². The van der Waals surface area contributed by atoms with Crippen molar-refractivity contribution in [2.24, 2.45) is 5.73 Å². The van der Waals surface area contributed by atoms with Crippen LogP contribution in [0.5, 0.6) is 0 Å². The molecule has 1 unspecified atom stereocenters. The summed E-state index contributed by atoms with van der Waals surface area (Å²) in [6.45, 7) is 6.37. The van der Waals surface area contributed by atoms with Gasteiger partial charge >= 0.3 is 5.97 Å². The number of hydrogen-bond acceptors (Lipinski definition) is 3. The zero-order valence-corrected chi connectivity index (χ0v) is 9.36. The van der Waals surface area contributed by atoms with Gasteiger partial charge in [0.15, 0.2) is 0 Å². The maximum absolute atomic E-state index is 10.4. The molecular weight excluding hydrogens is 186 g/mol. The zero-order valence-electron chi connectivity index (χ0n) is 8.54. The van der Waals surface area contributed by atoms with Crippen molar-refractivity contribution in [2.75, 3.05) is 5.75 Å². The molecule has 0 aromatic rings. The summed E-state index contributed by atoms with van der Waals surface area (Å²) in [5.41, 5.74) is 5.40. The van der Waals surface area contributed by atoms with Crippen LogP contribution in [0.4, 0.5) is 0 Å². The van der Waals surface area contributed by atoms with Crippen molar-refractivity contribution in [3.8, 4) is 0 Å². The Hall–Kier alpha value is -0.220. The molecule has 0 bridgehead atoms.